The third-order valence-electron chi connectivity index (χ3n) is 4.42. The first-order chi connectivity index (χ1) is 14.0. The van der Waals surface area contributed by atoms with Crippen molar-refractivity contribution in [1.29, 1.82) is 0 Å². The van der Waals surface area contributed by atoms with Crippen molar-refractivity contribution in [2.24, 2.45) is 0 Å². The van der Waals surface area contributed by atoms with Gasteiger partial charge in [-0.05, 0) is 55.1 Å². The molecule has 0 fully saturated rings. The summed E-state index contributed by atoms with van der Waals surface area (Å²) >= 11 is 2.70. The number of para-hydroxylation sites is 1. The first-order valence-electron chi connectivity index (χ1n) is 9.13. The Hall–Kier alpha value is -2.90. The maximum atomic E-state index is 13.1. The van der Waals surface area contributed by atoms with Crippen molar-refractivity contribution in [3.05, 3.63) is 82.0 Å². The number of anilines is 1. The number of thioether (sulfide) groups is 1. The molecular formula is C22H19N3O2S2. The van der Waals surface area contributed by atoms with Gasteiger partial charge in [0.25, 0.3) is 5.56 Å². The van der Waals surface area contributed by atoms with Gasteiger partial charge in [-0.25, -0.2) is 4.98 Å². The van der Waals surface area contributed by atoms with Crippen LogP contribution in [0.1, 0.15) is 12.5 Å². The lowest BCUT2D eigenvalue weighted by Gasteiger charge is -2.16. The topological polar surface area (TPSA) is 64.0 Å². The van der Waals surface area contributed by atoms with Crippen LogP contribution in [0.4, 0.5) is 5.69 Å². The molecular weight excluding hydrogens is 402 g/mol. The highest BCUT2D eigenvalue weighted by atomic mass is 32.2. The van der Waals surface area contributed by atoms with Crippen molar-refractivity contribution in [2.45, 2.75) is 24.3 Å². The Balaban J connectivity index is 1.68. The van der Waals surface area contributed by atoms with Crippen molar-refractivity contribution in [1.82, 2.24) is 9.55 Å². The predicted octanol–water partition coefficient (Wildman–Crippen LogP) is 4.87. The number of carbonyl (C=O) groups excluding carboxylic acids is 1. The Labute approximate surface area is 176 Å². The van der Waals surface area contributed by atoms with Gasteiger partial charge < -0.3 is 5.32 Å². The van der Waals surface area contributed by atoms with E-state index in [9.17, 15) is 9.59 Å². The molecule has 1 atom stereocenters. The van der Waals surface area contributed by atoms with Gasteiger partial charge in [-0.3, -0.25) is 14.2 Å². The third kappa shape index (κ3) is 4.11. The second kappa shape index (κ2) is 8.23. The van der Waals surface area contributed by atoms with Gasteiger partial charge in [0.2, 0.25) is 5.91 Å². The number of aryl methyl sites for hydroxylation is 1. The molecule has 2 heterocycles. The van der Waals surface area contributed by atoms with Crippen LogP contribution in [-0.2, 0) is 4.79 Å². The van der Waals surface area contributed by atoms with Gasteiger partial charge in [-0.1, -0.05) is 42.1 Å². The number of benzene rings is 2. The summed E-state index contributed by atoms with van der Waals surface area (Å²) in [6.45, 7) is 3.79. The fourth-order valence-electron chi connectivity index (χ4n) is 2.96. The van der Waals surface area contributed by atoms with Gasteiger partial charge >= 0.3 is 0 Å². The molecule has 5 nitrogen and oxygen atoms in total. The summed E-state index contributed by atoms with van der Waals surface area (Å²) in [6, 6.07) is 18.8. The van der Waals surface area contributed by atoms with Crippen molar-refractivity contribution in [2.75, 3.05) is 5.32 Å². The molecule has 4 rings (SSSR count). The summed E-state index contributed by atoms with van der Waals surface area (Å²) in [7, 11) is 0. The number of aromatic nitrogens is 2. The summed E-state index contributed by atoms with van der Waals surface area (Å²) in [4.78, 5) is 31.2. The second-order valence-electron chi connectivity index (χ2n) is 6.63. The van der Waals surface area contributed by atoms with Crippen molar-refractivity contribution >= 4 is 44.9 Å². The highest BCUT2D eigenvalue weighted by Gasteiger charge is 2.20. The molecule has 1 N–H and O–H groups in total. The normalized spacial score (nSPS) is 12.1. The van der Waals surface area contributed by atoms with Crippen LogP contribution in [-0.4, -0.2) is 20.7 Å². The van der Waals surface area contributed by atoms with E-state index < -0.39 is 5.25 Å². The van der Waals surface area contributed by atoms with Crippen molar-refractivity contribution in [3.8, 4) is 5.69 Å². The average Bonchev–Trinajstić information content (AvgIpc) is 3.18. The molecule has 2 aromatic heterocycles. The van der Waals surface area contributed by atoms with Crippen LogP contribution < -0.4 is 10.9 Å². The Morgan fingerprint density at radius 1 is 1.14 bits per heavy atom. The Bertz CT molecular complexity index is 1230. The van der Waals surface area contributed by atoms with Gasteiger partial charge in [0, 0.05) is 5.69 Å². The minimum absolute atomic E-state index is 0.128. The molecule has 0 spiro atoms. The van der Waals surface area contributed by atoms with Gasteiger partial charge in [-0.15, -0.1) is 11.3 Å². The number of thiophene rings is 1. The molecule has 0 aliphatic heterocycles. The van der Waals surface area contributed by atoms with Gasteiger partial charge in [-0.2, -0.15) is 0 Å². The first-order valence-corrected chi connectivity index (χ1v) is 10.9. The van der Waals surface area contributed by atoms with E-state index in [1.807, 2.05) is 73.8 Å². The number of hydrogen-bond acceptors (Lipinski definition) is 5. The number of fused-ring (bicyclic) bond motifs is 1. The lowest BCUT2D eigenvalue weighted by atomic mass is 10.2. The van der Waals surface area contributed by atoms with Crippen LogP contribution in [0, 0.1) is 6.92 Å². The Morgan fingerprint density at radius 3 is 2.69 bits per heavy atom. The van der Waals surface area contributed by atoms with E-state index >= 15 is 0 Å². The number of amides is 1. The number of carbonyl (C=O) groups is 1. The van der Waals surface area contributed by atoms with Crippen LogP contribution >= 0.6 is 23.1 Å². The second-order valence-corrected chi connectivity index (χ2v) is 8.83. The first kappa shape index (κ1) is 19.4. The molecule has 0 saturated heterocycles. The monoisotopic (exact) mass is 421 g/mol. The van der Waals surface area contributed by atoms with E-state index in [4.69, 9.17) is 0 Å². The zero-order chi connectivity index (χ0) is 20.4. The number of nitrogens with one attached hydrogen (secondary N) is 1. The fraction of sp³-hybridized carbons (Fsp3) is 0.136. The van der Waals surface area contributed by atoms with E-state index in [-0.39, 0.29) is 11.5 Å². The molecule has 1 amide bonds. The molecule has 146 valence electrons. The van der Waals surface area contributed by atoms with Crippen LogP contribution in [0.5, 0.6) is 0 Å². The minimum Gasteiger partial charge on any atom is -0.325 e. The van der Waals surface area contributed by atoms with Gasteiger partial charge in [0.05, 0.1) is 16.3 Å². The van der Waals surface area contributed by atoms with Crippen LogP contribution in [0.3, 0.4) is 0 Å². The van der Waals surface area contributed by atoms with Crippen LogP contribution in [0.2, 0.25) is 0 Å². The van der Waals surface area contributed by atoms with Gasteiger partial charge in [0.1, 0.15) is 4.83 Å². The van der Waals surface area contributed by atoms with E-state index in [2.05, 4.69) is 10.3 Å². The van der Waals surface area contributed by atoms with E-state index in [1.54, 1.807) is 10.6 Å². The maximum Gasteiger partial charge on any atom is 0.267 e. The number of hydrogen-bond donors (Lipinski definition) is 1. The summed E-state index contributed by atoms with van der Waals surface area (Å²) < 4.78 is 1.58. The van der Waals surface area contributed by atoms with Crippen molar-refractivity contribution < 1.29 is 4.79 Å². The molecule has 0 aliphatic rings. The summed E-state index contributed by atoms with van der Waals surface area (Å²) in [6.07, 6.45) is 0. The molecule has 29 heavy (non-hydrogen) atoms. The lowest BCUT2D eigenvalue weighted by molar-refractivity contribution is -0.115. The molecule has 7 heteroatoms. The third-order valence-corrected chi connectivity index (χ3v) is 6.28. The maximum absolute atomic E-state index is 13.1. The SMILES string of the molecule is Cc1cccc(NC(=O)C(C)Sc2nc3sccc3c(=O)n2-c2ccccc2)c1. The van der Waals surface area contributed by atoms with E-state index in [0.29, 0.717) is 15.4 Å². The Kier molecular flexibility index (Phi) is 5.51. The molecule has 0 saturated carbocycles. The van der Waals surface area contributed by atoms with Crippen molar-refractivity contribution in [3.63, 3.8) is 0 Å². The summed E-state index contributed by atoms with van der Waals surface area (Å²) in [5, 5.41) is 5.45. The molecule has 0 radical (unpaired) electrons. The number of nitrogens with zero attached hydrogens (tertiary/aromatic N) is 2. The van der Waals surface area contributed by atoms with Crippen LogP contribution in [0.15, 0.2) is 76.0 Å². The predicted molar refractivity (Wildman–Crippen MR) is 120 cm³/mol. The lowest BCUT2D eigenvalue weighted by Crippen LogP contribution is -2.26. The standard InChI is InChI=1S/C22H19N3O2S2/c1-14-7-6-8-16(13-14)23-19(26)15(2)29-22-24-20-18(11-12-28-20)21(27)25(22)17-9-4-3-5-10-17/h3-13,15H,1-2H3,(H,23,26). The molecule has 0 bridgehead atoms. The summed E-state index contributed by atoms with van der Waals surface area (Å²) in [5.41, 5.74) is 2.43. The number of rotatable bonds is 5. The van der Waals surface area contributed by atoms with E-state index in [0.717, 1.165) is 16.9 Å². The highest BCUT2D eigenvalue weighted by molar-refractivity contribution is 8.00. The smallest absolute Gasteiger partial charge is 0.267 e. The fourth-order valence-corrected chi connectivity index (χ4v) is 4.69. The quantitative estimate of drug-likeness (QED) is 0.369. The largest absolute Gasteiger partial charge is 0.325 e. The minimum atomic E-state index is -0.435. The van der Waals surface area contributed by atoms with Gasteiger partial charge in [0.15, 0.2) is 5.16 Å². The average molecular weight is 422 g/mol. The zero-order valence-corrected chi connectivity index (χ0v) is 17.6. The Morgan fingerprint density at radius 2 is 1.93 bits per heavy atom. The molecule has 4 aromatic rings. The molecule has 2 aromatic carbocycles. The van der Waals surface area contributed by atoms with Crippen LogP contribution in [0.25, 0.3) is 15.9 Å². The summed E-state index contributed by atoms with van der Waals surface area (Å²) in [5.74, 6) is -0.138. The van der Waals surface area contributed by atoms with E-state index in [1.165, 1.54) is 23.1 Å². The highest BCUT2D eigenvalue weighted by Crippen LogP contribution is 2.27. The zero-order valence-electron chi connectivity index (χ0n) is 16.0. The molecule has 1 unspecified atom stereocenters. The molecule has 0 aliphatic carbocycles.